The Morgan fingerprint density at radius 3 is 2.94 bits per heavy atom. The minimum Gasteiger partial charge on any atom is -0.493 e. The van der Waals surface area contributed by atoms with E-state index in [1.165, 1.54) is 0 Å². The van der Waals surface area contributed by atoms with E-state index in [4.69, 9.17) is 4.74 Å². The third kappa shape index (κ3) is 2.93. The first-order valence-electron chi connectivity index (χ1n) is 5.48. The van der Waals surface area contributed by atoms with E-state index in [1.807, 2.05) is 30.3 Å². The molecular formula is C13H13NO3. The Bertz CT molecular complexity index is 477. The predicted octanol–water partition coefficient (Wildman–Crippen LogP) is 2.73. The standard InChI is InChI=1S/C13H13NO3/c15-14(16)12-7-2-1-5-9-17-13-8-4-3-6-11(13)10-12/h1-4,6-8H,5,9-10H2. The first kappa shape index (κ1) is 11.4. The molecule has 0 amide bonds. The fourth-order valence-electron chi connectivity index (χ4n) is 1.68. The van der Waals surface area contributed by atoms with Crippen LogP contribution >= 0.6 is 0 Å². The van der Waals surface area contributed by atoms with Gasteiger partial charge in [-0.15, -0.1) is 0 Å². The van der Waals surface area contributed by atoms with Crippen LogP contribution in [0.1, 0.15) is 12.0 Å². The summed E-state index contributed by atoms with van der Waals surface area (Å²) in [5.41, 5.74) is 1.03. The summed E-state index contributed by atoms with van der Waals surface area (Å²) in [6, 6.07) is 7.44. The lowest BCUT2D eigenvalue weighted by Crippen LogP contribution is -2.06. The number of nitrogens with zero attached hydrogens (tertiary/aromatic N) is 1. The third-order valence-electron chi connectivity index (χ3n) is 2.55. The van der Waals surface area contributed by atoms with Gasteiger partial charge in [-0.05, 0) is 12.5 Å². The highest BCUT2D eigenvalue weighted by Gasteiger charge is 2.14. The van der Waals surface area contributed by atoms with Crippen LogP contribution in [0.4, 0.5) is 0 Å². The molecule has 0 bridgehead atoms. The van der Waals surface area contributed by atoms with Crippen molar-refractivity contribution in [2.45, 2.75) is 12.8 Å². The molecule has 0 unspecified atom stereocenters. The summed E-state index contributed by atoms with van der Waals surface area (Å²) in [4.78, 5) is 10.5. The van der Waals surface area contributed by atoms with Gasteiger partial charge in [0.2, 0.25) is 0 Å². The summed E-state index contributed by atoms with van der Waals surface area (Å²) >= 11 is 0. The minimum absolute atomic E-state index is 0.180. The molecule has 0 fully saturated rings. The van der Waals surface area contributed by atoms with Crippen LogP contribution in [0.2, 0.25) is 0 Å². The van der Waals surface area contributed by atoms with Crippen molar-refractivity contribution in [1.82, 2.24) is 0 Å². The summed E-state index contributed by atoms with van der Waals surface area (Å²) < 4.78 is 5.59. The number of ether oxygens (including phenoxy) is 1. The monoisotopic (exact) mass is 231 g/mol. The van der Waals surface area contributed by atoms with Gasteiger partial charge in [-0.3, -0.25) is 10.1 Å². The van der Waals surface area contributed by atoms with Gasteiger partial charge in [0.15, 0.2) is 0 Å². The zero-order chi connectivity index (χ0) is 12.1. The van der Waals surface area contributed by atoms with E-state index in [-0.39, 0.29) is 17.0 Å². The van der Waals surface area contributed by atoms with E-state index >= 15 is 0 Å². The summed E-state index contributed by atoms with van der Waals surface area (Å²) in [7, 11) is 0. The Balaban J connectivity index is 2.36. The van der Waals surface area contributed by atoms with Crippen molar-refractivity contribution < 1.29 is 9.66 Å². The van der Waals surface area contributed by atoms with Crippen molar-refractivity contribution in [2.24, 2.45) is 0 Å². The molecule has 1 aromatic rings. The quantitative estimate of drug-likeness (QED) is 0.551. The third-order valence-corrected chi connectivity index (χ3v) is 2.55. The molecule has 1 heterocycles. The second kappa shape index (κ2) is 5.30. The molecule has 4 heteroatoms. The average molecular weight is 231 g/mol. The van der Waals surface area contributed by atoms with Crippen molar-refractivity contribution in [3.8, 4) is 5.75 Å². The maximum atomic E-state index is 10.9. The fourth-order valence-corrected chi connectivity index (χ4v) is 1.68. The Hall–Kier alpha value is -2.10. The van der Waals surface area contributed by atoms with Crippen LogP contribution in [0.3, 0.4) is 0 Å². The molecule has 2 rings (SSSR count). The SMILES string of the molecule is O=[N+]([O-])C1=CC=CCCOc2ccccc2C1. The van der Waals surface area contributed by atoms with Gasteiger partial charge in [-0.2, -0.15) is 0 Å². The van der Waals surface area contributed by atoms with Gasteiger partial charge >= 0.3 is 0 Å². The molecule has 0 aliphatic carbocycles. The number of allylic oxidation sites excluding steroid dienone is 3. The first-order chi connectivity index (χ1) is 8.27. The molecule has 0 atom stereocenters. The van der Waals surface area contributed by atoms with E-state index in [0.717, 1.165) is 17.7 Å². The summed E-state index contributed by atoms with van der Waals surface area (Å²) in [6.45, 7) is 0.592. The van der Waals surface area contributed by atoms with Crippen LogP contribution in [-0.4, -0.2) is 11.5 Å². The molecule has 0 saturated carbocycles. The molecule has 88 valence electrons. The van der Waals surface area contributed by atoms with Crippen molar-refractivity contribution in [3.05, 3.63) is 63.9 Å². The minimum atomic E-state index is -0.345. The Labute approximate surface area is 99.4 Å². The number of para-hydroxylation sites is 1. The van der Waals surface area contributed by atoms with Crippen molar-refractivity contribution in [2.75, 3.05) is 6.61 Å². The lowest BCUT2D eigenvalue weighted by Gasteiger charge is -2.10. The van der Waals surface area contributed by atoms with Crippen LogP contribution in [0, 0.1) is 10.1 Å². The molecule has 0 N–H and O–H groups in total. The van der Waals surface area contributed by atoms with E-state index in [9.17, 15) is 10.1 Å². The smallest absolute Gasteiger partial charge is 0.250 e. The number of fused-ring (bicyclic) bond motifs is 1. The molecule has 0 spiro atoms. The Kier molecular flexibility index (Phi) is 3.55. The van der Waals surface area contributed by atoms with Crippen LogP contribution in [0.15, 0.2) is 48.2 Å². The fraction of sp³-hybridized carbons (Fsp3) is 0.231. The molecule has 1 aromatic carbocycles. The van der Waals surface area contributed by atoms with Gasteiger partial charge in [-0.1, -0.05) is 30.4 Å². The topological polar surface area (TPSA) is 52.4 Å². The van der Waals surface area contributed by atoms with Crippen LogP contribution in [-0.2, 0) is 6.42 Å². The van der Waals surface area contributed by atoms with Gasteiger partial charge in [0.1, 0.15) is 5.75 Å². The number of hydrogen-bond acceptors (Lipinski definition) is 3. The summed E-state index contributed by atoms with van der Waals surface area (Å²) in [6.07, 6.45) is 6.18. The Morgan fingerprint density at radius 1 is 1.29 bits per heavy atom. The highest BCUT2D eigenvalue weighted by atomic mass is 16.6. The maximum Gasteiger partial charge on any atom is 0.250 e. The molecule has 1 aliphatic rings. The van der Waals surface area contributed by atoms with E-state index in [1.54, 1.807) is 12.2 Å². The van der Waals surface area contributed by atoms with Crippen LogP contribution in [0.25, 0.3) is 0 Å². The second-order valence-corrected chi connectivity index (χ2v) is 3.76. The van der Waals surface area contributed by atoms with Gasteiger partial charge in [0, 0.05) is 11.6 Å². The van der Waals surface area contributed by atoms with Crippen molar-refractivity contribution in [1.29, 1.82) is 0 Å². The predicted molar refractivity (Wildman–Crippen MR) is 64.5 cm³/mol. The number of rotatable bonds is 1. The van der Waals surface area contributed by atoms with Crippen LogP contribution < -0.4 is 4.74 Å². The summed E-state index contributed by atoms with van der Waals surface area (Å²) in [5, 5.41) is 10.9. The highest BCUT2D eigenvalue weighted by Crippen LogP contribution is 2.22. The molecule has 0 aromatic heterocycles. The van der Waals surface area contributed by atoms with Crippen molar-refractivity contribution in [3.63, 3.8) is 0 Å². The Morgan fingerprint density at radius 2 is 2.12 bits per heavy atom. The zero-order valence-corrected chi connectivity index (χ0v) is 9.33. The molecule has 0 radical (unpaired) electrons. The van der Waals surface area contributed by atoms with E-state index in [0.29, 0.717) is 6.61 Å². The molecule has 0 saturated heterocycles. The number of nitro groups is 1. The van der Waals surface area contributed by atoms with Crippen molar-refractivity contribution >= 4 is 0 Å². The van der Waals surface area contributed by atoms with E-state index < -0.39 is 0 Å². The number of benzene rings is 1. The van der Waals surface area contributed by atoms with Crippen LogP contribution in [0.5, 0.6) is 5.75 Å². The van der Waals surface area contributed by atoms with E-state index in [2.05, 4.69) is 0 Å². The molecule has 17 heavy (non-hydrogen) atoms. The molecular weight excluding hydrogens is 218 g/mol. The highest BCUT2D eigenvalue weighted by molar-refractivity contribution is 5.36. The van der Waals surface area contributed by atoms with Gasteiger partial charge in [0.05, 0.1) is 18.0 Å². The molecule has 4 nitrogen and oxygen atoms in total. The lowest BCUT2D eigenvalue weighted by atomic mass is 10.1. The summed E-state index contributed by atoms with van der Waals surface area (Å²) in [5.74, 6) is 0.732. The largest absolute Gasteiger partial charge is 0.493 e. The second-order valence-electron chi connectivity index (χ2n) is 3.76. The average Bonchev–Trinajstić information content (AvgIpc) is 2.34. The molecule has 1 aliphatic heterocycles. The van der Waals surface area contributed by atoms with Gasteiger partial charge in [0.25, 0.3) is 5.70 Å². The maximum absolute atomic E-state index is 10.9. The normalized spacial score (nSPS) is 15.4. The van der Waals surface area contributed by atoms with Gasteiger partial charge in [-0.25, -0.2) is 0 Å². The zero-order valence-electron chi connectivity index (χ0n) is 9.33. The lowest BCUT2D eigenvalue weighted by molar-refractivity contribution is -0.427. The van der Waals surface area contributed by atoms with Gasteiger partial charge < -0.3 is 4.74 Å². The number of hydrogen-bond donors (Lipinski definition) is 0. The first-order valence-corrected chi connectivity index (χ1v) is 5.48.